The first-order chi connectivity index (χ1) is 69.9. The second-order valence-corrected chi connectivity index (χ2v) is 33.4. The Morgan fingerprint density at radius 1 is 0.189 bits per heavy atom. The number of benzene rings is 11. The first kappa shape index (κ1) is 109. The Balaban J connectivity index is 0.747. The van der Waals surface area contributed by atoms with Crippen LogP contribution >= 0.6 is 0 Å². The smallest absolute Gasteiger partial charge is 0.255 e. The third kappa shape index (κ3) is 36.6. The summed E-state index contributed by atoms with van der Waals surface area (Å²) in [5.41, 5.74) is 48.3. The van der Waals surface area contributed by atoms with Crippen molar-refractivity contribution >= 4 is 79.4 Å². The molecule has 23 N–H and O–H groups in total. The van der Waals surface area contributed by atoms with Crippen molar-refractivity contribution < 1.29 is 99.9 Å². The van der Waals surface area contributed by atoms with Crippen LogP contribution in [0.1, 0.15) is 162 Å². The minimum Gasteiger partial charge on any atom is -0.493 e. The van der Waals surface area contributed by atoms with E-state index >= 15 is 0 Å². The predicted octanol–water partition coefficient (Wildman–Crippen LogP) is 10.9. The molecule has 0 bridgehead atoms. The highest BCUT2D eigenvalue weighted by atomic mass is 16.5. The van der Waals surface area contributed by atoms with E-state index < -0.39 is 17.7 Å². The van der Waals surface area contributed by atoms with Gasteiger partial charge in [0.1, 0.15) is 80.5 Å². The van der Waals surface area contributed by atoms with Crippen molar-refractivity contribution in [2.45, 2.75) is 89.9 Å². The fourth-order valence-corrected chi connectivity index (χ4v) is 14.7. The van der Waals surface area contributed by atoms with Gasteiger partial charge in [-0.15, -0.1) is 0 Å². The SMILES string of the molecule is NCCCOc1cc(OCCCN)cc(C(=O)NCCCOc2cc(OCCCNC(=O)c3cc(OCCCN)cc(OCCCN)c3)cc(C(=O)NCCCOc3cc(OCCCNC(=O)c4cc(OCCCNC(=O)c5cc(OCCCN)cc(OCCCN)c5)cc(OCCCNC(=O)c5cc(OCCCN)cc(OCCCN)c5)c4)cc(C(=O)Nc4ccc5ccc6cccc7ccc4c5c67)c3)c2)c1. The van der Waals surface area contributed by atoms with Gasteiger partial charge in [0.25, 0.3) is 41.4 Å². The summed E-state index contributed by atoms with van der Waals surface area (Å²) in [5, 5.41) is 27.1. The molecule has 11 rings (SSSR count). The molecule has 11 aromatic carbocycles. The van der Waals surface area contributed by atoms with Crippen molar-refractivity contribution in [1.82, 2.24) is 31.9 Å². The molecule has 36 nitrogen and oxygen atoms in total. The molecule has 0 spiro atoms. The standard InChI is InChI=1S/C107H137N15O21/c108-24-2-38-130-83-52-76(53-84(66-83)131-39-3-25-109)101(123)116-32-10-46-138-91-60-80(61-92(70-91)139-47-11-33-117-102(124)77-54-85(132-40-4-26-110)67-86(55-77)133-41-5-27-111)105(127)120-36-14-50-142-95-64-82(107(129)122-98-23-21-75-19-18-73-16-1-17-74-20-22-97(98)100(75)99(73)74)65-96(72-95)143-51-15-37-121-106(128)81-62-93(140-48-12-34-118-103(125)78-56-87(134-42-6-28-112)68-88(57-78)135-43-7-29-113)71-94(63-81)141-49-13-35-119-104(126)79-58-89(136-44-8-30-114)69-90(59-79)137-45-9-31-115/h1,16-23,52-72H,2-15,24-51,108-115H2,(H,116,123)(H,117,124)(H,118,125)(H,119,126)(H,120,127)(H,121,128)(H,122,129). The Hall–Kier alpha value is -14.4. The van der Waals surface area contributed by atoms with Gasteiger partial charge in [0, 0.05) is 132 Å². The van der Waals surface area contributed by atoms with Crippen LogP contribution in [0.4, 0.5) is 5.69 Å². The number of nitrogens with two attached hydrogens (primary N) is 8. The molecule has 7 amide bonds. The number of amides is 7. The van der Waals surface area contributed by atoms with Crippen LogP contribution in [0.5, 0.6) is 80.5 Å². The number of rotatable bonds is 70. The largest absolute Gasteiger partial charge is 0.493 e. The Labute approximate surface area is 833 Å². The molecule has 0 saturated heterocycles. The second-order valence-electron chi connectivity index (χ2n) is 33.4. The number of ether oxygens (including phenoxy) is 14. The van der Waals surface area contributed by atoms with Crippen LogP contribution in [0.3, 0.4) is 0 Å². The molecule has 11 aromatic rings. The fraction of sp³-hybridized carbons (Fsp3) is 0.393. The van der Waals surface area contributed by atoms with E-state index in [0.717, 1.165) is 32.3 Å². The summed E-state index contributed by atoms with van der Waals surface area (Å²) >= 11 is 0. The van der Waals surface area contributed by atoms with Gasteiger partial charge in [0.15, 0.2) is 0 Å². The molecule has 0 saturated carbocycles. The highest BCUT2D eigenvalue weighted by Gasteiger charge is 2.22. The van der Waals surface area contributed by atoms with Crippen molar-refractivity contribution in [3.8, 4) is 80.5 Å². The fourth-order valence-electron chi connectivity index (χ4n) is 14.7. The Bertz CT molecular complexity index is 5270. The van der Waals surface area contributed by atoms with Crippen LogP contribution in [0.25, 0.3) is 32.3 Å². The van der Waals surface area contributed by atoms with Gasteiger partial charge in [-0.1, -0.05) is 48.5 Å². The van der Waals surface area contributed by atoms with E-state index in [0.29, 0.717) is 304 Å². The molecule has 0 aliphatic carbocycles. The van der Waals surface area contributed by atoms with Gasteiger partial charge in [-0.3, -0.25) is 33.6 Å². The number of nitrogens with one attached hydrogen (secondary N) is 7. The number of carbonyl (C=O) groups is 7. The number of carbonyl (C=O) groups excluding carboxylic acids is 7. The lowest BCUT2D eigenvalue weighted by Crippen LogP contribution is -2.26. The van der Waals surface area contributed by atoms with Gasteiger partial charge in [0.05, 0.1) is 92.5 Å². The molecule has 143 heavy (non-hydrogen) atoms. The summed E-state index contributed by atoms with van der Waals surface area (Å²) in [5.74, 6) is 2.77. The predicted molar refractivity (Wildman–Crippen MR) is 551 cm³/mol. The lowest BCUT2D eigenvalue weighted by molar-refractivity contribution is 0.0940. The van der Waals surface area contributed by atoms with E-state index in [-0.39, 0.29) is 119 Å². The Morgan fingerprint density at radius 2 is 0.357 bits per heavy atom. The first-order valence-corrected chi connectivity index (χ1v) is 49.1. The highest BCUT2D eigenvalue weighted by molar-refractivity contribution is 6.26. The summed E-state index contributed by atoms with van der Waals surface area (Å²) in [6.45, 7) is 8.25. The van der Waals surface area contributed by atoms with E-state index in [9.17, 15) is 33.6 Å². The lowest BCUT2D eigenvalue weighted by atomic mass is 9.93. The maximum atomic E-state index is 14.8. The molecular formula is C107H137N15O21. The molecular weight excluding hydrogens is 1830 g/mol. The summed E-state index contributed by atoms with van der Waals surface area (Å²) in [7, 11) is 0. The quantitative estimate of drug-likeness (QED) is 0.0124. The maximum absolute atomic E-state index is 14.8. The van der Waals surface area contributed by atoms with Gasteiger partial charge in [-0.25, -0.2) is 0 Å². The number of hydrogen-bond acceptors (Lipinski definition) is 29. The van der Waals surface area contributed by atoms with Crippen molar-refractivity contribution in [3.63, 3.8) is 0 Å². The molecule has 0 unspecified atom stereocenters. The molecule has 766 valence electrons. The normalized spacial score (nSPS) is 11.0. The maximum Gasteiger partial charge on any atom is 0.255 e. The molecule has 0 aliphatic heterocycles. The van der Waals surface area contributed by atoms with Gasteiger partial charge in [-0.05, 0) is 260 Å². The zero-order valence-corrected chi connectivity index (χ0v) is 81.2. The molecule has 0 aliphatic rings. The first-order valence-electron chi connectivity index (χ1n) is 49.1. The summed E-state index contributed by atoms with van der Waals surface area (Å²) in [4.78, 5) is 97.7. The second kappa shape index (κ2) is 60.7. The van der Waals surface area contributed by atoms with Gasteiger partial charge < -0.3 is 149 Å². The summed E-state index contributed by atoms with van der Waals surface area (Å²) < 4.78 is 84.9. The molecule has 0 heterocycles. The summed E-state index contributed by atoms with van der Waals surface area (Å²) in [6.07, 6.45) is 7.05. The van der Waals surface area contributed by atoms with Crippen LogP contribution in [-0.4, -0.2) is 225 Å². The van der Waals surface area contributed by atoms with Crippen LogP contribution < -0.4 is 149 Å². The van der Waals surface area contributed by atoms with Crippen LogP contribution in [0.15, 0.2) is 182 Å². The van der Waals surface area contributed by atoms with Crippen LogP contribution in [0, 0.1) is 0 Å². The van der Waals surface area contributed by atoms with E-state index in [1.165, 1.54) is 0 Å². The average molecular weight is 1970 g/mol. The number of hydrogen-bond donors (Lipinski definition) is 15. The molecule has 0 radical (unpaired) electrons. The van der Waals surface area contributed by atoms with Gasteiger partial charge in [-0.2, -0.15) is 0 Å². The monoisotopic (exact) mass is 1970 g/mol. The van der Waals surface area contributed by atoms with Crippen LogP contribution in [-0.2, 0) is 0 Å². The van der Waals surface area contributed by atoms with Crippen molar-refractivity contribution in [2.75, 3.05) is 189 Å². The lowest BCUT2D eigenvalue weighted by Gasteiger charge is -2.16. The summed E-state index contributed by atoms with van der Waals surface area (Å²) in [6, 6.07) is 52.8. The topological polar surface area (TPSA) is 541 Å². The van der Waals surface area contributed by atoms with Crippen molar-refractivity contribution in [2.24, 2.45) is 45.9 Å². The molecule has 0 fully saturated rings. The van der Waals surface area contributed by atoms with E-state index in [4.69, 9.17) is 112 Å². The number of anilines is 1. The highest BCUT2D eigenvalue weighted by Crippen LogP contribution is 2.39. The van der Waals surface area contributed by atoms with E-state index in [1.54, 1.807) is 127 Å². The third-order valence-corrected chi connectivity index (χ3v) is 22.0. The van der Waals surface area contributed by atoms with Gasteiger partial charge >= 0.3 is 0 Å². The average Bonchev–Trinajstić information content (AvgIpc) is 0.738. The Morgan fingerprint density at radius 3 is 0.552 bits per heavy atom. The zero-order valence-electron chi connectivity index (χ0n) is 81.2. The Kier molecular flexibility index (Phi) is 46.3. The molecule has 0 aromatic heterocycles. The third-order valence-electron chi connectivity index (χ3n) is 22.0. The van der Waals surface area contributed by atoms with E-state index in [2.05, 4.69) is 61.5 Å². The van der Waals surface area contributed by atoms with Crippen LogP contribution in [0.2, 0.25) is 0 Å². The molecule has 0 atom stereocenters. The zero-order chi connectivity index (χ0) is 101. The minimum atomic E-state index is -0.451. The van der Waals surface area contributed by atoms with Gasteiger partial charge in [0.2, 0.25) is 0 Å². The molecule has 36 heteroatoms. The van der Waals surface area contributed by atoms with Crippen molar-refractivity contribution in [1.29, 1.82) is 0 Å². The minimum absolute atomic E-state index is 0.0779. The van der Waals surface area contributed by atoms with E-state index in [1.807, 2.05) is 30.3 Å². The van der Waals surface area contributed by atoms with Crippen molar-refractivity contribution in [3.05, 3.63) is 221 Å².